The predicted octanol–water partition coefficient (Wildman–Crippen LogP) is 3.45. The topological polar surface area (TPSA) is 12.4 Å². The lowest BCUT2D eigenvalue weighted by Crippen LogP contribution is -1.86. The van der Waals surface area contributed by atoms with Crippen molar-refractivity contribution in [3.8, 4) is 0 Å². The first-order valence-corrected chi connectivity index (χ1v) is 4.55. The summed E-state index contributed by atoms with van der Waals surface area (Å²) in [5.74, 6) is 0.529. The second-order valence-electron chi connectivity index (χ2n) is 2.38. The molecule has 0 rings (SSSR count). The summed E-state index contributed by atoms with van der Waals surface area (Å²) < 4.78 is 0. The van der Waals surface area contributed by atoms with Gasteiger partial charge in [-0.05, 0) is 18.2 Å². The van der Waals surface area contributed by atoms with E-state index in [2.05, 4.69) is 25.4 Å². The van der Waals surface area contributed by atoms with Gasteiger partial charge in [0.05, 0.1) is 0 Å². The average Bonchev–Trinajstić information content (AvgIpc) is 1.97. The van der Waals surface area contributed by atoms with Crippen molar-refractivity contribution in [2.75, 3.05) is 0 Å². The van der Waals surface area contributed by atoms with E-state index >= 15 is 0 Å². The monoisotopic (exact) mass is 169 g/mol. The van der Waals surface area contributed by atoms with Gasteiger partial charge in [0.2, 0.25) is 0 Å². The fourth-order valence-corrected chi connectivity index (χ4v) is 1.15. The fraction of sp³-hybridized carbons (Fsp3) is 0.444. The molecule has 0 aliphatic heterocycles. The van der Waals surface area contributed by atoms with Crippen molar-refractivity contribution in [3.63, 3.8) is 0 Å². The molecule has 0 unspecified atom stereocenters. The van der Waals surface area contributed by atoms with E-state index < -0.39 is 0 Å². The first kappa shape index (κ1) is 10.5. The van der Waals surface area contributed by atoms with Crippen LogP contribution in [0.15, 0.2) is 28.1 Å². The Morgan fingerprint density at radius 2 is 2.18 bits per heavy atom. The number of nitrogens with zero attached hydrogens (tertiary/aromatic N) is 1. The molecule has 2 heteroatoms. The van der Waals surface area contributed by atoms with E-state index in [1.807, 2.05) is 18.5 Å². The first-order valence-electron chi connectivity index (χ1n) is 3.67. The van der Waals surface area contributed by atoms with E-state index in [0.29, 0.717) is 5.92 Å². The Kier molecular flexibility index (Phi) is 5.94. The van der Waals surface area contributed by atoms with Gasteiger partial charge in [-0.15, -0.1) is 11.8 Å². The third kappa shape index (κ3) is 4.85. The lowest BCUT2D eigenvalue weighted by Gasteiger charge is -2.05. The zero-order valence-corrected chi connectivity index (χ0v) is 8.19. The van der Waals surface area contributed by atoms with Crippen LogP contribution in [0, 0.1) is 5.92 Å². The molecule has 0 aromatic carbocycles. The molecule has 0 aromatic heterocycles. The molecule has 0 bridgehead atoms. The van der Waals surface area contributed by atoms with Gasteiger partial charge in [0.25, 0.3) is 0 Å². The first-order chi connectivity index (χ1) is 5.22. The van der Waals surface area contributed by atoms with E-state index in [1.165, 1.54) is 4.91 Å². The summed E-state index contributed by atoms with van der Waals surface area (Å²) in [6.45, 7) is 9.86. The van der Waals surface area contributed by atoms with Gasteiger partial charge in [0.1, 0.15) is 0 Å². The normalized spacial score (nSPS) is 12.9. The standard InChI is InChI=1S/C9H15NS/c1-5-10-7-9(8(3)4)11-6-2/h5-8H,2H2,1,3-4H3/b9-7-,10-5+. The smallest absolute Gasteiger partial charge is 0.0364 e. The van der Waals surface area contributed by atoms with Crippen LogP contribution in [0.5, 0.6) is 0 Å². The molecule has 0 atom stereocenters. The SMILES string of the molecule is C=CS/C(=C\N=C\C)C(C)C. The predicted molar refractivity (Wildman–Crippen MR) is 54.9 cm³/mol. The van der Waals surface area contributed by atoms with Crippen LogP contribution in [-0.4, -0.2) is 6.21 Å². The average molecular weight is 169 g/mol. The van der Waals surface area contributed by atoms with Crippen LogP contribution in [0.1, 0.15) is 20.8 Å². The van der Waals surface area contributed by atoms with Crippen LogP contribution >= 0.6 is 11.8 Å². The quantitative estimate of drug-likeness (QED) is 0.587. The number of allylic oxidation sites excluding steroid dienone is 1. The second kappa shape index (κ2) is 6.23. The number of hydrogen-bond acceptors (Lipinski definition) is 2. The van der Waals surface area contributed by atoms with E-state index in [4.69, 9.17) is 0 Å². The highest BCUT2D eigenvalue weighted by Crippen LogP contribution is 2.24. The molecule has 0 aliphatic rings. The van der Waals surface area contributed by atoms with Crippen LogP contribution in [0.3, 0.4) is 0 Å². The van der Waals surface area contributed by atoms with Crippen LogP contribution in [0.25, 0.3) is 0 Å². The van der Waals surface area contributed by atoms with Gasteiger partial charge >= 0.3 is 0 Å². The summed E-state index contributed by atoms with van der Waals surface area (Å²) in [5.41, 5.74) is 0. The molecule has 0 aromatic rings. The molecule has 62 valence electrons. The molecule has 0 spiro atoms. The van der Waals surface area contributed by atoms with Crippen molar-refractivity contribution in [2.24, 2.45) is 10.9 Å². The van der Waals surface area contributed by atoms with Gasteiger partial charge in [0.15, 0.2) is 0 Å². The Balaban J connectivity index is 4.18. The van der Waals surface area contributed by atoms with Gasteiger partial charge < -0.3 is 0 Å². The Hall–Kier alpha value is -0.500. The lowest BCUT2D eigenvalue weighted by molar-refractivity contribution is 0.814. The van der Waals surface area contributed by atoms with Gasteiger partial charge in [0, 0.05) is 17.3 Å². The second-order valence-corrected chi connectivity index (χ2v) is 3.42. The summed E-state index contributed by atoms with van der Waals surface area (Å²) in [6.07, 6.45) is 3.67. The highest BCUT2D eigenvalue weighted by Gasteiger charge is 1.99. The lowest BCUT2D eigenvalue weighted by atomic mass is 10.2. The Morgan fingerprint density at radius 1 is 1.55 bits per heavy atom. The van der Waals surface area contributed by atoms with Crippen molar-refractivity contribution in [3.05, 3.63) is 23.1 Å². The Morgan fingerprint density at radius 3 is 2.55 bits per heavy atom. The zero-order valence-electron chi connectivity index (χ0n) is 7.37. The fourth-order valence-electron chi connectivity index (χ4n) is 0.560. The van der Waals surface area contributed by atoms with E-state index in [1.54, 1.807) is 18.0 Å². The maximum Gasteiger partial charge on any atom is 0.0364 e. The maximum absolute atomic E-state index is 4.06. The van der Waals surface area contributed by atoms with Crippen LogP contribution in [-0.2, 0) is 0 Å². The summed E-state index contributed by atoms with van der Waals surface area (Å²) in [5, 5.41) is 1.83. The van der Waals surface area contributed by atoms with Crippen LogP contribution in [0.2, 0.25) is 0 Å². The molecule has 0 aliphatic carbocycles. The van der Waals surface area contributed by atoms with Crippen LogP contribution in [0.4, 0.5) is 0 Å². The molecule has 0 fully saturated rings. The van der Waals surface area contributed by atoms with E-state index in [0.717, 1.165) is 0 Å². The van der Waals surface area contributed by atoms with E-state index in [-0.39, 0.29) is 0 Å². The third-order valence-electron chi connectivity index (χ3n) is 1.14. The molecule has 1 nitrogen and oxygen atoms in total. The molecular formula is C9H15NS. The molecule has 0 radical (unpaired) electrons. The molecule has 0 N–H and O–H groups in total. The highest BCUT2D eigenvalue weighted by atomic mass is 32.2. The Bertz CT molecular complexity index is 168. The molecule has 0 saturated carbocycles. The van der Waals surface area contributed by atoms with Gasteiger partial charge in [-0.25, -0.2) is 0 Å². The van der Waals surface area contributed by atoms with Gasteiger partial charge in [-0.2, -0.15) is 0 Å². The number of thioether (sulfide) groups is 1. The molecule has 11 heavy (non-hydrogen) atoms. The van der Waals surface area contributed by atoms with Crippen molar-refractivity contribution in [1.29, 1.82) is 0 Å². The minimum Gasteiger partial charge on any atom is -0.269 e. The highest BCUT2D eigenvalue weighted by molar-refractivity contribution is 8.05. The van der Waals surface area contributed by atoms with Crippen molar-refractivity contribution < 1.29 is 0 Å². The molecule has 0 saturated heterocycles. The largest absolute Gasteiger partial charge is 0.269 e. The Labute approximate surface area is 73.3 Å². The number of rotatable bonds is 4. The maximum atomic E-state index is 4.06. The van der Waals surface area contributed by atoms with Crippen LogP contribution < -0.4 is 0 Å². The number of hydrogen-bond donors (Lipinski definition) is 0. The van der Waals surface area contributed by atoms with Gasteiger partial charge in [-0.3, -0.25) is 4.99 Å². The molecule has 0 heterocycles. The summed E-state index contributed by atoms with van der Waals surface area (Å²) in [6, 6.07) is 0. The summed E-state index contributed by atoms with van der Waals surface area (Å²) >= 11 is 1.64. The van der Waals surface area contributed by atoms with E-state index in [9.17, 15) is 0 Å². The minimum absolute atomic E-state index is 0.529. The molecule has 0 amide bonds. The summed E-state index contributed by atoms with van der Waals surface area (Å²) in [7, 11) is 0. The minimum atomic E-state index is 0.529. The van der Waals surface area contributed by atoms with Gasteiger partial charge in [-0.1, -0.05) is 20.4 Å². The van der Waals surface area contributed by atoms with Crippen molar-refractivity contribution in [1.82, 2.24) is 0 Å². The number of aliphatic imine (C=N–C) groups is 1. The van der Waals surface area contributed by atoms with Crippen molar-refractivity contribution in [2.45, 2.75) is 20.8 Å². The summed E-state index contributed by atoms with van der Waals surface area (Å²) in [4.78, 5) is 5.30. The van der Waals surface area contributed by atoms with Crippen molar-refractivity contribution >= 4 is 18.0 Å². The zero-order chi connectivity index (χ0) is 8.69. The molecular weight excluding hydrogens is 154 g/mol. The third-order valence-corrected chi connectivity index (χ3v) is 2.15.